The second-order valence-corrected chi connectivity index (χ2v) is 17.8. The van der Waals surface area contributed by atoms with Crippen molar-refractivity contribution in [3.63, 3.8) is 0 Å². The zero-order valence-electron chi connectivity index (χ0n) is 31.5. The van der Waals surface area contributed by atoms with Gasteiger partial charge in [-0.15, -0.1) is 0 Å². The van der Waals surface area contributed by atoms with E-state index in [1.54, 1.807) is 5.57 Å². The van der Waals surface area contributed by atoms with Crippen molar-refractivity contribution >= 4 is 11.9 Å². The summed E-state index contributed by atoms with van der Waals surface area (Å²) in [6.45, 7) is 12.6. The van der Waals surface area contributed by atoms with Crippen LogP contribution >= 0.6 is 0 Å². The minimum absolute atomic E-state index is 0.0317. The Bertz CT molecular complexity index is 1000. The normalized spacial score (nSPS) is 32.3. The summed E-state index contributed by atoms with van der Waals surface area (Å²) in [6.07, 6.45) is 32.1. The Kier molecular flexibility index (Phi) is 15.2. The minimum atomic E-state index is -0.672. The number of aliphatic carboxylic acids is 1. The molecule has 1 unspecified atom stereocenters. The second-order valence-electron chi connectivity index (χ2n) is 17.8. The summed E-state index contributed by atoms with van der Waals surface area (Å²) in [5.74, 6) is 4.55. The lowest BCUT2D eigenvalue weighted by atomic mass is 9.47. The summed E-state index contributed by atoms with van der Waals surface area (Å²) in [5.41, 5.74) is 2.48. The molecule has 0 bridgehead atoms. The molecule has 0 amide bonds. The van der Waals surface area contributed by atoms with Crippen molar-refractivity contribution in [3.05, 3.63) is 11.6 Å². The number of carboxylic acids is 1. The monoisotopic (exact) mass is 655 g/mol. The molecule has 0 spiro atoms. The van der Waals surface area contributed by atoms with Crippen LogP contribution in [-0.2, 0) is 14.3 Å². The lowest BCUT2D eigenvalue weighted by molar-refractivity contribution is -0.151. The molecule has 3 saturated carbocycles. The summed E-state index contributed by atoms with van der Waals surface area (Å²) in [5, 5.41) is 8.69. The van der Waals surface area contributed by atoms with Crippen LogP contribution in [0.5, 0.6) is 0 Å². The fraction of sp³-hybridized carbons (Fsp3) is 0.907. The van der Waals surface area contributed by atoms with E-state index in [-0.39, 0.29) is 12.1 Å². The Hall–Kier alpha value is -1.32. The number of rotatable bonds is 21. The lowest BCUT2D eigenvalue weighted by Crippen LogP contribution is -2.51. The number of fused-ring (bicyclic) bond motifs is 5. The predicted octanol–water partition coefficient (Wildman–Crippen LogP) is 12.5. The summed E-state index contributed by atoms with van der Waals surface area (Å²) >= 11 is 0. The Morgan fingerprint density at radius 1 is 0.766 bits per heavy atom. The molecule has 0 saturated heterocycles. The largest absolute Gasteiger partial charge is 0.481 e. The van der Waals surface area contributed by atoms with Crippen molar-refractivity contribution in [1.29, 1.82) is 0 Å². The molecule has 4 rings (SSSR count). The Morgan fingerprint density at radius 2 is 1.38 bits per heavy atom. The first-order valence-corrected chi connectivity index (χ1v) is 20.7. The molecule has 8 atom stereocenters. The molecule has 3 fully saturated rings. The van der Waals surface area contributed by atoms with Gasteiger partial charge in [-0.05, 0) is 104 Å². The van der Waals surface area contributed by atoms with Crippen molar-refractivity contribution in [2.45, 2.75) is 201 Å². The van der Waals surface area contributed by atoms with Gasteiger partial charge in [0.1, 0.15) is 6.10 Å². The van der Waals surface area contributed by atoms with E-state index in [2.05, 4.69) is 40.7 Å². The molecule has 4 heteroatoms. The zero-order valence-corrected chi connectivity index (χ0v) is 31.5. The smallest absolute Gasteiger partial charge is 0.306 e. The van der Waals surface area contributed by atoms with Crippen LogP contribution in [-0.4, -0.2) is 23.1 Å². The van der Waals surface area contributed by atoms with Crippen LogP contribution in [0.15, 0.2) is 11.6 Å². The maximum atomic E-state index is 12.8. The van der Waals surface area contributed by atoms with Crippen LogP contribution < -0.4 is 0 Å². The third kappa shape index (κ3) is 10.6. The van der Waals surface area contributed by atoms with Crippen molar-refractivity contribution in [2.24, 2.45) is 46.3 Å². The Morgan fingerprint density at radius 3 is 2.00 bits per heavy atom. The number of esters is 1. The van der Waals surface area contributed by atoms with Gasteiger partial charge in [0.05, 0.1) is 0 Å². The molecule has 4 aliphatic carbocycles. The predicted molar refractivity (Wildman–Crippen MR) is 195 cm³/mol. The van der Waals surface area contributed by atoms with E-state index in [0.29, 0.717) is 23.7 Å². The van der Waals surface area contributed by atoms with Crippen LogP contribution in [0.25, 0.3) is 0 Å². The van der Waals surface area contributed by atoms with E-state index in [1.807, 2.05) is 0 Å². The average molecular weight is 655 g/mol. The van der Waals surface area contributed by atoms with Gasteiger partial charge in [0.25, 0.3) is 0 Å². The van der Waals surface area contributed by atoms with E-state index in [0.717, 1.165) is 74.0 Å². The van der Waals surface area contributed by atoms with Crippen molar-refractivity contribution in [2.75, 3.05) is 0 Å². The first-order chi connectivity index (χ1) is 22.5. The van der Waals surface area contributed by atoms with Gasteiger partial charge >= 0.3 is 11.9 Å². The highest BCUT2D eigenvalue weighted by Gasteiger charge is 2.59. The molecule has 270 valence electrons. The first-order valence-electron chi connectivity index (χ1n) is 20.7. The fourth-order valence-electron chi connectivity index (χ4n) is 11.3. The quantitative estimate of drug-likeness (QED) is 0.0760. The first kappa shape index (κ1) is 38.5. The van der Waals surface area contributed by atoms with Crippen molar-refractivity contribution < 1.29 is 19.4 Å². The second kappa shape index (κ2) is 18.6. The molecule has 1 N–H and O–H groups in total. The fourth-order valence-corrected chi connectivity index (χ4v) is 11.3. The molecule has 0 heterocycles. The van der Waals surface area contributed by atoms with Gasteiger partial charge in [-0.1, -0.05) is 130 Å². The summed E-state index contributed by atoms with van der Waals surface area (Å²) in [7, 11) is 0. The molecule has 4 aliphatic rings. The van der Waals surface area contributed by atoms with E-state index in [4.69, 9.17) is 9.84 Å². The van der Waals surface area contributed by atoms with Crippen LogP contribution in [0.2, 0.25) is 0 Å². The topological polar surface area (TPSA) is 63.6 Å². The zero-order chi connectivity index (χ0) is 33.9. The molecule has 4 nitrogen and oxygen atoms in total. The number of hydrogen-bond donors (Lipinski definition) is 1. The van der Waals surface area contributed by atoms with Gasteiger partial charge in [0.2, 0.25) is 0 Å². The highest BCUT2D eigenvalue weighted by atomic mass is 16.5. The van der Waals surface area contributed by atoms with E-state index < -0.39 is 5.97 Å². The molecule has 0 aliphatic heterocycles. The van der Waals surface area contributed by atoms with Crippen LogP contribution in [0.4, 0.5) is 0 Å². The minimum Gasteiger partial charge on any atom is -0.481 e. The number of ether oxygens (including phenoxy) is 1. The van der Waals surface area contributed by atoms with Gasteiger partial charge in [-0.2, -0.15) is 0 Å². The number of carbonyl (C=O) groups is 2. The van der Waals surface area contributed by atoms with E-state index in [1.165, 1.54) is 109 Å². The highest BCUT2D eigenvalue weighted by Crippen LogP contribution is 2.67. The number of hydrogen-bond acceptors (Lipinski definition) is 3. The maximum Gasteiger partial charge on any atom is 0.306 e. The molecular weight excluding hydrogens is 580 g/mol. The summed E-state index contributed by atoms with van der Waals surface area (Å²) < 4.78 is 6.10. The summed E-state index contributed by atoms with van der Waals surface area (Å²) in [6, 6.07) is 0. The van der Waals surface area contributed by atoms with Crippen molar-refractivity contribution in [3.8, 4) is 0 Å². The van der Waals surface area contributed by atoms with E-state index in [9.17, 15) is 9.59 Å². The van der Waals surface area contributed by atoms with Crippen molar-refractivity contribution in [1.82, 2.24) is 0 Å². The molecule has 0 radical (unpaired) electrons. The average Bonchev–Trinajstić information content (AvgIpc) is 3.38. The third-order valence-corrected chi connectivity index (χ3v) is 14.1. The Balaban J connectivity index is 1.11. The maximum absolute atomic E-state index is 12.8. The van der Waals surface area contributed by atoms with E-state index >= 15 is 0 Å². The van der Waals surface area contributed by atoms with Gasteiger partial charge in [0.15, 0.2) is 0 Å². The van der Waals surface area contributed by atoms with Gasteiger partial charge in [-0.25, -0.2) is 0 Å². The summed E-state index contributed by atoms with van der Waals surface area (Å²) in [4.78, 5) is 23.3. The van der Waals surface area contributed by atoms with Crippen LogP contribution in [0.1, 0.15) is 195 Å². The van der Waals surface area contributed by atoms with Crippen LogP contribution in [0.3, 0.4) is 0 Å². The third-order valence-electron chi connectivity index (χ3n) is 14.1. The SMILES string of the molecule is CC(C)CCC[C@@H](C)C1CC[C@H]2[C@@H]3CC=C4C[C@@H](OC(=O)CCCCCCCCCCCCCCC(=O)O)CC[C@]4(C)[C@H]3CC[C@]12C. The molecule has 0 aromatic rings. The molecular formula is C43H74O4. The number of carboxylic acid groups (broad SMARTS) is 1. The standard InChI is InChI=1S/C43H74O4/c1-32(2)19-18-20-33(3)37-25-26-38-36-24-23-34-31-35(27-29-42(34,4)39(36)28-30-43(37,38)5)47-41(46)22-17-15-13-11-9-7-6-8-10-12-14-16-21-40(44)45/h23,32-33,35-39H,6-22,24-31H2,1-5H3,(H,44,45)/t33-,35+,36+,37?,38+,39+,42+,43-/m1/s1. The molecule has 0 aromatic heterocycles. The van der Waals surface area contributed by atoms with Gasteiger partial charge in [-0.3, -0.25) is 9.59 Å². The highest BCUT2D eigenvalue weighted by molar-refractivity contribution is 5.69. The number of unbranched alkanes of at least 4 members (excludes halogenated alkanes) is 11. The molecule has 47 heavy (non-hydrogen) atoms. The number of carbonyl (C=O) groups excluding carboxylic acids is 1. The van der Waals surface area contributed by atoms with Crippen LogP contribution in [0, 0.1) is 46.3 Å². The Labute approximate surface area is 290 Å². The van der Waals surface area contributed by atoms with Gasteiger partial charge < -0.3 is 9.84 Å². The lowest BCUT2D eigenvalue weighted by Gasteiger charge is -2.58. The number of allylic oxidation sites excluding steroid dienone is 1. The van der Waals surface area contributed by atoms with Gasteiger partial charge in [0, 0.05) is 19.3 Å². The molecule has 0 aromatic carbocycles.